The number of hydrogen-bond acceptors (Lipinski definition) is 3. The van der Waals surface area contributed by atoms with E-state index in [1.165, 1.54) is 0 Å². The Kier molecular flexibility index (Phi) is 19.2. The molecule has 1 N–H and O–H groups in total. The fourth-order valence-electron chi connectivity index (χ4n) is 0.910. The molecule has 0 bridgehead atoms. The van der Waals surface area contributed by atoms with Crippen molar-refractivity contribution in [2.75, 3.05) is 18.8 Å². The number of hydrogen-bond donors (Lipinski definition) is 1. The Balaban J connectivity index is -0.000000410. The second-order valence-electron chi connectivity index (χ2n) is 6.18. The van der Waals surface area contributed by atoms with Crippen LogP contribution in [-0.2, 0) is 4.79 Å². The molecular weight excluding hydrogens is 266 g/mol. The lowest BCUT2D eigenvalue weighted by molar-refractivity contribution is -0.119. The molecule has 0 saturated carbocycles. The first-order valence-electron chi connectivity index (χ1n) is 7.99. The molecular formula is C17H39NOS. The lowest BCUT2D eigenvalue weighted by atomic mass is 10.1. The van der Waals surface area contributed by atoms with Crippen molar-refractivity contribution in [1.82, 2.24) is 5.32 Å². The van der Waals surface area contributed by atoms with Crippen LogP contribution in [0, 0.1) is 11.8 Å². The molecule has 0 aliphatic carbocycles. The van der Waals surface area contributed by atoms with Gasteiger partial charge in [-0.2, -0.15) is 0 Å². The van der Waals surface area contributed by atoms with Gasteiger partial charge in [-0.15, -0.1) is 11.8 Å². The zero-order chi connectivity index (χ0) is 16.8. The summed E-state index contributed by atoms with van der Waals surface area (Å²) in [5, 5.41) is 3.31. The molecule has 0 spiro atoms. The monoisotopic (exact) mass is 305 g/mol. The smallest absolute Gasteiger partial charge is 0.145 e. The average Bonchev–Trinajstić information content (AvgIpc) is 2.35. The van der Waals surface area contributed by atoms with E-state index < -0.39 is 0 Å². The summed E-state index contributed by atoms with van der Waals surface area (Å²) in [5.41, 5.74) is 0. The standard InChI is InChI=1S/C11H23NOS.C4H10.C2H6/c1-6-12-8-11(4,5)14-7-10(13)9(2)3;1-4(2)3;1-2/h9,12H,6-8H2,1-5H3;4H,1-3H3;1-2H3. The molecule has 20 heavy (non-hydrogen) atoms. The van der Waals surface area contributed by atoms with Crippen LogP contribution < -0.4 is 5.32 Å². The van der Waals surface area contributed by atoms with Crippen LogP contribution in [-0.4, -0.2) is 29.4 Å². The number of carbonyl (C=O) groups excluding carboxylic acids is 1. The number of thioether (sulfide) groups is 1. The molecule has 0 heterocycles. The molecule has 0 aromatic heterocycles. The third-order valence-electron chi connectivity index (χ3n) is 2.05. The molecule has 0 saturated heterocycles. The van der Waals surface area contributed by atoms with Gasteiger partial charge < -0.3 is 5.32 Å². The fraction of sp³-hybridized carbons (Fsp3) is 0.941. The van der Waals surface area contributed by atoms with E-state index >= 15 is 0 Å². The molecule has 3 heteroatoms. The molecule has 0 fully saturated rings. The zero-order valence-electron chi connectivity index (χ0n) is 15.6. The van der Waals surface area contributed by atoms with E-state index in [0.717, 1.165) is 19.0 Å². The van der Waals surface area contributed by atoms with Gasteiger partial charge in [-0.3, -0.25) is 4.79 Å². The van der Waals surface area contributed by atoms with Gasteiger partial charge in [0.1, 0.15) is 5.78 Å². The van der Waals surface area contributed by atoms with E-state index in [1.54, 1.807) is 11.8 Å². The highest BCUT2D eigenvalue weighted by Gasteiger charge is 2.19. The van der Waals surface area contributed by atoms with Gasteiger partial charge in [-0.05, 0) is 26.3 Å². The van der Waals surface area contributed by atoms with Gasteiger partial charge in [0, 0.05) is 17.2 Å². The minimum absolute atomic E-state index is 0.153. The molecule has 0 unspecified atom stereocenters. The Hall–Kier alpha value is -0.0200. The summed E-state index contributed by atoms with van der Waals surface area (Å²) in [6, 6.07) is 0. The predicted molar refractivity (Wildman–Crippen MR) is 96.8 cm³/mol. The van der Waals surface area contributed by atoms with Crippen molar-refractivity contribution in [2.45, 2.75) is 74.0 Å². The molecule has 0 aliphatic heterocycles. The van der Waals surface area contributed by atoms with Crippen LogP contribution >= 0.6 is 11.8 Å². The minimum atomic E-state index is 0.153. The van der Waals surface area contributed by atoms with Crippen LogP contribution in [0.1, 0.15) is 69.2 Å². The van der Waals surface area contributed by atoms with Crippen molar-refractivity contribution in [3.8, 4) is 0 Å². The second kappa shape index (κ2) is 15.4. The van der Waals surface area contributed by atoms with Gasteiger partial charge in [-0.25, -0.2) is 0 Å². The van der Waals surface area contributed by atoms with Crippen molar-refractivity contribution in [2.24, 2.45) is 11.8 Å². The van der Waals surface area contributed by atoms with Crippen molar-refractivity contribution >= 4 is 17.5 Å². The fourth-order valence-corrected chi connectivity index (χ4v) is 1.98. The highest BCUT2D eigenvalue weighted by molar-refractivity contribution is 8.01. The van der Waals surface area contributed by atoms with Crippen LogP contribution in [0.15, 0.2) is 0 Å². The molecule has 124 valence electrons. The van der Waals surface area contributed by atoms with Crippen molar-refractivity contribution in [3.63, 3.8) is 0 Å². The van der Waals surface area contributed by atoms with Gasteiger partial charge in [0.25, 0.3) is 0 Å². The van der Waals surface area contributed by atoms with Crippen molar-refractivity contribution in [1.29, 1.82) is 0 Å². The molecule has 0 atom stereocenters. The van der Waals surface area contributed by atoms with E-state index in [4.69, 9.17) is 0 Å². The van der Waals surface area contributed by atoms with E-state index in [9.17, 15) is 4.79 Å². The minimum Gasteiger partial charge on any atom is -0.316 e. The van der Waals surface area contributed by atoms with Crippen LogP contribution in [0.4, 0.5) is 0 Å². The number of nitrogens with one attached hydrogen (secondary N) is 1. The summed E-state index contributed by atoms with van der Waals surface area (Å²) in [6.45, 7) is 22.8. The molecule has 2 nitrogen and oxygen atoms in total. The first-order chi connectivity index (χ1) is 9.12. The van der Waals surface area contributed by atoms with E-state index in [2.05, 4.69) is 46.9 Å². The number of ketones is 1. The molecule has 0 amide bonds. The van der Waals surface area contributed by atoms with E-state index in [0.29, 0.717) is 11.5 Å². The number of Topliss-reactive ketones (excluding diaryl/α,β-unsaturated/α-hetero) is 1. The zero-order valence-corrected chi connectivity index (χ0v) is 16.4. The van der Waals surface area contributed by atoms with Crippen LogP contribution in [0.3, 0.4) is 0 Å². The quantitative estimate of drug-likeness (QED) is 0.716. The topological polar surface area (TPSA) is 29.1 Å². The van der Waals surface area contributed by atoms with Crippen LogP contribution in [0.25, 0.3) is 0 Å². The third-order valence-corrected chi connectivity index (χ3v) is 3.40. The average molecular weight is 306 g/mol. The Labute approximate surface area is 132 Å². The Morgan fingerprint density at radius 1 is 1.10 bits per heavy atom. The molecule has 0 aromatic rings. The summed E-state index contributed by atoms with van der Waals surface area (Å²) < 4.78 is 0.153. The Morgan fingerprint density at radius 2 is 1.50 bits per heavy atom. The van der Waals surface area contributed by atoms with Crippen molar-refractivity contribution in [3.05, 3.63) is 0 Å². The highest BCUT2D eigenvalue weighted by Crippen LogP contribution is 2.24. The lowest BCUT2D eigenvalue weighted by Gasteiger charge is -2.24. The largest absolute Gasteiger partial charge is 0.316 e. The van der Waals surface area contributed by atoms with E-state index in [-0.39, 0.29) is 10.7 Å². The molecule has 0 aromatic carbocycles. The van der Waals surface area contributed by atoms with Gasteiger partial charge in [0.2, 0.25) is 0 Å². The summed E-state index contributed by atoms with van der Waals surface area (Å²) in [5.74, 6) is 1.98. The first-order valence-corrected chi connectivity index (χ1v) is 8.98. The summed E-state index contributed by atoms with van der Waals surface area (Å²) in [6.07, 6.45) is 0. The predicted octanol–water partition coefficient (Wildman–Crippen LogP) is 5.02. The maximum atomic E-state index is 11.4. The van der Waals surface area contributed by atoms with Gasteiger partial charge >= 0.3 is 0 Å². The SMILES string of the molecule is CC.CC(C)C.CCNCC(C)(C)SCC(=O)C(C)C. The Bertz CT molecular complexity index is 210. The molecule has 0 aliphatic rings. The highest BCUT2D eigenvalue weighted by atomic mass is 32.2. The molecule has 0 radical (unpaired) electrons. The summed E-state index contributed by atoms with van der Waals surface area (Å²) in [7, 11) is 0. The third kappa shape index (κ3) is 23.1. The molecule has 0 rings (SSSR count). The lowest BCUT2D eigenvalue weighted by Crippen LogP contribution is -2.33. The summed E-state index contributed by atoms with van der Waals surface area (Å²) in [4.78, 5) is 11.4. The number of carbonyl (C=O) groups is 1. The van der Waals surface area contributed by atoms with E-state index in [1.807, 2.05) is 27.7 Å². The maximum Gasteiger partial charge on any atom is 0.145 e. The van der Waals surface area contributed by atoms with Crippen LogP contribution in [0.5, 0.6) is 0 Å². The van der Waals surface area contributed by atoms with Gasteiger partial charge in [0.15, 0.2) is 0 Å². The van der Waals surface area contributed by atoms with Gasteiger partial charge in [0.05, 0.1) is 5.75 Å². The van der Waals surface area contributed by atoms with Crippen LogP contribution in [0.2, 0.25) is 0 Å². The van der Waals surface area contributed by atoms with Gasteiger partial charge in [-0.1, -0.05) is 55.4 Å². The number of rotatable bonds is 7. The summed E-state index contributed by atoms with van der Waals surface area (Å²) >= 11 is 1.74. The van der Waals surface area contributed by atoms with Crippen molar-refractivity contribution < 1.29 is 4.79 Å². The second-order valence-corrected chi connectivity index (χ2v) is 7.86. The Morgan fingerprint density at radius 3 is 1.80 bits per heavy atom. The normalized spacial score (nSPS) is 10.6. The first kappa shape index (κ1) is 25.0. The maximum absolute atomic E-state index is 11.4.